The molecule has 10 aromatic carbocycles. The van der Waals surface area contributed by atoms with E-state index in [0.717, 1.165) is 50.9 Å². The van der Waals surface area contributed by atoms with Gasteiger partial charge < -0.3 is 14.4 Å². The van der Waals surface area contributed by atoms with Crippen molar-refractivity contribution in [3.8, 4) is 27.9 Å². The molecule has 0 spiro atoms. The maximum absolute atomic E-state index is 2.41. The number of hydrogen-bond donors (Lipinski definition) is 0. The molecule has 0 amide bonds. The summed E-state index contributed by atoms with van der Waals surface area (Å²) in [4.78, 5) is 4.81. The van der Waals surface area contributed by atoms with Gasteiger partial charge in [0.2, 0.25) is 0 Å². The Bertz CT molecular complexity index is 3360. The van der Waals surface area contributed by atoms with Gasteiger partial charge in [-0.15, -0.1) is 0 Å². The zero-order valence-electron chi connectivity index (χ0n) is 34.4. The van der Waals surface area contributed by atoms with Crippen molar-refractivity contribution in [2.45, 2.75) is 6.92 Å². The van der Waals surface area contributed by atoms with Crippen LogP contribution < -0.4 is 9.80 Å². The Kier molecular flexibility index (Phi) is 9.40. The van der Waals surface area contributed by atoms with Gasteiger partial charge in [-0.05, 0) is 131 Å². The highest BCUT2D eigenvalue weighted by atomic mass is 15.2. The van der Waals surface area contributed by atoms with E-state index in [4.69, 9.17) is 0 Å². The molecule has 0 radical (unpaired) electrons. The van der Waals surface area contributed by atoms with Crippen LogP contribution in [0.3, 0.4) is 0 Å². The highest BCUT2D eigenvalue weighted by Gasteiger charge is 2.22. The third-order valence-electron chi connectivity index (χ3n) is 12.0. The molecule has 0 saturated carbocycles. The first kappa shape index (κ1) is 36.9. The molecule has 294 valence electrons. The van der Waals surface area contributed by atoms with Gasteiger partial charge in [0.15, 0.2) is 0 Å². The van der Waals surface area contributed by atoms with Crippen LogP contribution in [0.25, 0.3) is 60.5 Å². The minimum Gasteiger partial charge on any atom is -0.310 e. The lowest BCUT2D eigenvalue weighted by molar-refractivity contribution is 1.18. The average molecular weight is 794 g/mol. The summed E-state index contributed by atoms with van der Waals surface area (Å²) in [5.74, 6) is 0. The predicted octanol–water partition coefficient (Wildman–Crippen LogP) is 16.5. The SMILES string of the molecule is Cc1ccccc1N(c1ccccc1)c1cc(-c2cccc(-c3ccc4c(c3)c3ccccc3n4-c3ccccc3)c2)cc(N(c2ccccc2)c2cccc3ccccc23)c1. The quantitative estimate of drug-likeness (QED) is 0.144. The molecule has 0 fully saturated rings. The van der Waals surface area contributed by atoms with E-state index in [1.54, 1.807) is 0 Å². The number of nitrogens with zero attached hydrogens (tertiary/aromatic N) is 3. The van der Waals surface area contributed by atoms with Gasteiger partial charge in [0.1, 0.15) is 0 Å². The van der Waals surface area contributed by atoms with E-state index in [9.17, 15) is 0 Å². The fraction of sp³-hybridized carbons (Fsp3) is 0.0169. The van der Waals surface area contributed by atoms with E-state index >= 15 is 0 Å². The topological polar surface area (TPSA) is 11.4 Å². The summed E-state index contributed by atoms with van der Waals surface area (Å²) >= 11 is 0. The fourth-order valence-electron chi connectivity index (χ4n) is 9.13. The van der Waals surface area contributed by atoms with E-state index in [-0.39, 0.29) is 0 Å². The van der Waals surface area contributed by atoms with E-state index in [1.165, 1.54) is 49.3 Å². The van der Waals surface area contributed by atoms with Gasteiger partial charge in [-0.3, -0.25) is 0 Å². The molecule has 0 aliphatic carbocycles. The zero-order chi connectivity index (χ0) is 41.4. The highest BCUT2D eigenvalue weighted by Crippen LogP contribution is 2.46. The Hall–Kier alpha value is -8.14. The van der Waals surface area contributed by atoms with Gasteiger partial charge in [-0.25, -0.2) is 0 Å². The summed E-state index contributed by atoms with van der Waals surface area (Å²) < 4.78 is 2.37. The molecular weight excluding hydrogens is 751 g/mol. The number of rotatable bonds is 9. The smallest absolute Gasteiger partial charge is 0.0541 e. The van der Waals surface area contributed by atoms with E-state index in [1.807, 2.05) is 0 Å². The highest BCUT2D eigenvalue weighted by molar-refractivity contribution is 6.10. The molecule has 11 rings (SSSR count). The third kappa shape index (κ3) is 6.67. The molecule has 0 bridgehead atoms. The molecule has 62 heavy (non-hydrogen) atoms. The number of para-hydroxylation sites is 5. The van der Waals surface area contributed by atoms with Crippen LogP contribution in [0.15, 0.2) is 243 Å². The van der Waals surface area contributed by atoms with Gasteiger partial charge in [0, 0.05) is 50.3 Å². The summed E-state index contributed by atoms with van der Waals surface area (Å²) in [5, 5.41) is 4.87. The minimum absolute atomic E-state index is 1.06. The number of benzene rings is 10. The van der Waals surface area contributed by atoms with Crippen LogP contribution in [0, 0.1) is 6.92 Å². The standard InChI is InChI=1S/C59H43N3/c1-42-19-11-15-32-56(42)60(48-24-5-2-6-25-48)51-38-47(39-52(41-51)61(49-26-7-3-8-27-49)57-34-18-21-43-20-12-13-30-53(43)57)45-23-17-22-44(37-45)46-35-36-59-55(40-46)54-31-14-16-33-58(54)62(59)50-28-9-4-10-29-50/h2-41H,1H3. The van der Waals surface area contributed by atoms with Crippen LogP contribution in [0.4, 0.5) is 34.1 Å². The van der Waals surface area contributed by atoms with Crippen molar-refractivity contribution in [1.29, 1.82) is 0 Å². The first-order chi connectivity index (χ1) is 30.7. The lowest BCUT2D eigenvalue weighted by Crippen LogP contribution is -2.14. The van der Waals surface area contributed by atoms with Crippen molar-refractivity contribution in [3.05, 3.63) is 248 Å². The van der Waals surface area contributed by atoms with Gasteiger partial charge in [-0.1, -0.05) is 152 Å². The van der Waals surface area contributed by atoms with Crippen LogP contribution in [-0.4, -0.2) is 4.57 Å². The molecular formula is C59H43N3. The fourth-order valence-corrected chi connectivity index (χ4v) is 9.13. The Balaban J connectivity index is 1.13. The number of hydrogen-bond acceptors (Lipinski definition) is 2. The molecule has 0 N–H and O–H groups in total. The van der Waals surface area contributed by atoms with Crippen LogP contribution >= 0.6 is 0 Å². The summed E-state index contributed by atoms with van der Waals surface area (Å²) in [5.41, 5.74) is 15.9. The van der Waals surface area contributed by atoms with Crippen LogP contribution in [0.5, 0.6) is 0 Å². The van der Waals surface area contributed by atoms with Crippen molar-refractivity contribution in [3.63, 3.8) is 0 Å². The lowest BCUT2D eigenvalue weighted by Gasteiger charge is -2.31. The second-order valence-electron chi connectivity index (χ2n) is 15.9. The van der Waals surface area contributed by atoms with E-state index < -0.39 is 0 Å². The van der Waals surface area contributed by atoms with Crippen LogP contribution in [-0.2, 0) is 0 Å². The Labute approximate surface area is 362 Å². The van der Waals surface area contributed by atoms with Crippen LogP contribution in [0.2, 0.25) is 0 Å². The number of fused-ring (bicyclic) bond motifs is 4. The number of aromatic nitrogens is 1. The molecule has 1 aromatic heterocycles. The lowest BCUT2D eigenvalue weighted by atomic mass is 9.96. The van der Waals surface area contributed by atoms with E-state index in [2.05, 4.69) is 264 Å². The van der Waals surface area contributed by atoms with E-state index in [0.29, 0.717) is 0 Å². The molecule has 11 aromatic rings. The number of anilines is 6. The minimum atomic E-state index is 1.06. The normalized spacial score (nSPS) is 11.3. The molecule has 3 nitrogen and oxygen atoms in total. The maximum Gasteiger partial charge on any atom is 0.0541 e. The molecule has 3 heteroatoms. The summed E-state index contributed by atoms with van der Waals surface area (Å²) in [7, 11) is 0. The van der Waals surface area contributed by atoms with Gasteiger partial charge in [0.05, 0.1) is 16.7 Å². The van der Waals surface area contributed by atoms with Crippen molar-refractivity contribution >= 4 is 66.7 Å². The summed E-state index contributed by atoms with van der Waals surface area (Å²) in [6.45, 7) is 2.19. The van der Waals surface area contributed by atoms with Gasteiger partial charge >= 0.3 is 0 Å². The summed E-state index contributed by atoms with van der Waals surface area (Å²) in [6, 6.07) is 87.8. The Morgan fingerprint density at radius 3 is 1.55 bits per heavy atom. The van der Waals surface area contributed by atoms with Crippen molar-refractivity contribution in [2.75, 3.05) is 9.80 Å². The molecule has 1 heterocycles. The van der Waals surface area contributed by atoms with Crippen molar-refractivity contribution < 1.29 is 0 Å². The molecule has 0 aliphatic heterocycles. The van der Waals surface area contributed by atoms with Gasteiger partial charge in [-0.2, -0.15) is 0 Å². The zero-order valence-corrected chi connectivity index (χ0v) is 34.4. The molecule has 0 unspecified atom stereocenters. The second kappa shape index (κ2) is 15.8. The second-order valence-corrected chi connectivity index (χ2v) is 15.9. The molecule has 0 saturated heterocycles. The Morgan fingerprint density at radius 2 is 0.823 bits per heavy atom. The number of aryl methyl sites for hydroxylation is 1. The van der Waals surface area contributed by atoms with Crippen molar-refractivity contribution in [2.24, 2.45) is 0 Å². The van der Waals surface area contributed by atoms with Crippen LogP contribution in [0.1, 0.15) is 5.56 Å². The largest absolute Gasteiger partial charge is 0.310 e. The third-order valence-corrected chi connectivity index (χ3v) is 12.0. The van der Waals surface area contributed by atoms with Crippen molar-refractivity contribution in [1.82, 2.24) is 4.57 Å². The summed E-state index contributed by atoms with van der Waals surface area (Å²) in [6.07, 6.45) is 0. The Morgan fingerprint density at radius 1 is 0.306 bits per heavy atom. The average Bonchev–Trinajstić information content (AvgIpc) is 3.67. The maximum atomic E-state index is 2.41. The predicted molar refractivity (Wildman–Crippen MR) is 263 cm³/mol. The molecule has 0 aliphatic rings. The monoisotopic (exact) mass is 793 g/mol. The van der Waals surface area contributed by atoms with Gasteiger partial charge in [0.25, 0.3) is 0 Å². The first-order valence-corrected chi connectivity index (χ1v) is 21.3. The first-order valence-electron chi connectivity index (χ1n) is 21.3. The molecule has 0 atom stereocenters.